The first-order valence-electron chi connectivity index (χ1n) is 14.7. The SMILES string of the molecule is C[C@]12CC[C@H]3[C@@H](C=C[C@]4(O)C[C@@H](OC(=O)c5ccccc5)CC[C@]34C)[C@@H]1[C@@H]1C[C@@H]1[C@@H]2OC(=O)c1ccccc1. The van der Waals surface area contributed by atoms with Gasteiger partial charge in [0.1, 0.15) is 12.2 Å². The van der Waals surface area contributed by atoms with Crippen LogP contribution in [-0.4, -0.2) is 34.9 Å². The Kier molecular flexibility index (Phi) is 5.65. The van der Waals surface area contributed by atoms with Gasteiger partial charge in [-0.1, -0.05) is 62.4 Å². The van der Waals surface area contributed by atoms with Gasteiger partial charge >= 0.3 is 11.9 Å². The molecule has 4 saturated carbocycles. The van der Waals surface area contributed by atoms with Crippen molar-refractivity contribution < 1.29 is 24.2 Å². The van der Waals surface area contributed by atoms with Crippen molar-refractivity contribution in [2.75, 3.05) is 0 Å². The molecular formula is C34H38O5. The molecule has 0 bridgehead atoms. The number of fused-ring (bicyclic) bond motifs is 7. The standard InChI is InChI=1S/C34H38O5/c1-32-16-15-27-24(28(32)25-19-26(25)29(32)39-31(36)22-11-7-4-8-12-22)14-18-34(37)20-23(13-17-33(27,34)2)38-30(35)21-9-5-3-6-10-21/h3-12,14,18,23-29,37H,13,15-17,19-20H2,1-2H3/t23-,24+,25+,26-,27-,28+,29-,32-,33+,34-/m0/s1. The van der Waals surface area contributed by atoms with Crippen LogP contribution in [0.2, 0.25) is 0 Å². The summed E-state index contributed by atoms with van der Waals surface area (Å²) < 4.78 is 12.2. The first kappa shape index (κ1) is 25.1. The Morgan fingerprint density at radius 1 is 0.846 bits per heavy atom. The minimum Gasteiger partial charge on any atom is -0.459 e. The molecular weight excluding hydrogens is 488 g/mol. The highest BCUT2D eigenvalue weighted by Gasteiger charge is 2.72. The summed E-state index contributed by atoms with van der Waals surface area (Å²) in [6, 6.07) is 18.4. The summed E-state index contributed by atoms with van der Waals surface area (Å²) in [6.07, 6.45) is 9.15. The number of rotatable bonds is 4. The molecule has 4 fully saturated rings. The molecule has 0 aliphatic heterocycles. The van der Waals surface area contributed by atoms with Crippen molar-refractivity contribution in [3.8, 4) is 0 Å². The maximum absolute atomic E-state index is 13.0. The second-order valence-electron chi connectivity index (χ2n) is 13.3. The zero-order valence-corrected chi connectivity index (χ0v) is 22.8. The number of carbonyl (C=O) groups excluding carboxylic acids is 2. The smallest absolute Gasteiger partial charge is 0.338 e. The van der Waals surface area contributed by atoms with Gasteiger partial charge in [0, 0.05) is 17.3 Å². The summed E-state index contributed by atoms with van der Waals surface area (Å²) in [5, 5.41) is 12.1. The quantitative estimate of drug-likeness (QED) is 0.378. The third-order valence-electron chi connectivity index (χ3n) is 11.5. The topological polar surface area (TPSA) is 72.8 Å². The summed E-state index contributed by atoms with van der Waals surface area (Å²) in [5.41, 5.74) is -0.144. The molecule has 1 N–H and O–H groups in total. The highest BCUT2D eigenvalue weighted by Crippen LogP contribution is 2.74. The number of ether oxygens (including phenoxy) is 2. The fraction of sp³-hybridized carbons (Fsp3) is 0.529. The minimum atomic E-state index is -0.997. The van der Waals surface area contributed by atoms with Crippen LogP contribution >= 0.6 is 0 Å². The first-order valence-corrected chi connectivity index (χ1v) is 14.7. The Bertz CT molecular complexity index is 1310. The van der Waals surface area contributed by atoms with E-state index in [1.165, 1.54) is 0 Å². The molecule has 0 radical (unpaired) electrons. The molecule has 204 valence electrons. The average Bonchev–Trinajstić information content (AvgIpc) is 3.68. The molecule has 7 rings (SSSR count). The molecule has 2 aromatic carbocycles. The van der Waals surface area contributed by atoms with Gasteiger partial charge in [-0.2, -0.15) is 0 Å². The molecule has 5 aliphatic rings. The number of benzene rings is 2. The number of carbonyl (C=O) groups is 2. The molecule has 10 atom stereocenters. The van der Waals surface area contributed by atoms with Gasteiger partial charge < -0.3 is 14.6 Å². The third-order valence-corrected chi connectivity index (χ3v) is 11.5. The van der Waals surface area contributed by atoms with Crippen molar-refractivity contribution in [1.29, 1.82) is 0 Å². The summed E-state index contributed by atoms with van der Waals surface area (Å²) in [5.74, 6) is 1.69. The van der Waals surface area contributed by atoms with Gasteiger partial charge in [-0.15, -0.1) is 0 Å². The Morgan fingerprint density at radius 3 is 2.15 bits per heavy atom. The van der Waals surface area contributed by atoms with Crippen LogP contribution in [0.25, 0.3) is 0 Å². The van der Waals surface area contributed by atoms with Crippen LogP contribution in [-0.2, 0) is 9.47 Å². The summed E-state index contributed by atoms with van der Waals surface area (Å²) in [7, 11) is 0. The van der Waals surface area contributed by atoms with E-state index in [1.807, 2.05) is 54.6 Å². The van der Waals surface area contributed by atoms with Gasteiger partial charge in [-0.05, 0) is 86.0 Å². The largest absolute Gasteiger partial charge is 0.459 e. The third kappa shape index (κ3) is 3.76. The number of aliphatic hydroxyl groups is 1. The van der Waals surface area contributed by atoms with Gasteiger partial charge in [0.2, 0.25) is 0 Å². The van der Waals surface area contributed by atoms with E-state index >= 15 is 0 Å². The number of esters is 2. The van der Waals surface area contributed by atoms with E-state index in [2.05, 4.69) is 19.9 Å². The lowest BCUT2D eigenvalue weighted by molar-refractivity contribution is -0.173. The zero-order valence-electron chi connectivity index (χ0n) is 22.8. The van der Waals surface area contributed by atoms with Gasteiger partial charge in [-0.3, -0.25) is 0 Å². The lowest BCUT2D eigenvalue weighted by Gasteiger charge is -2.61. The van der Waals surface area contributed by atoms with Crippen molar-refractivity contribution >= 4 is 11.9 Å². The number of hydrogen-bond donors (Lipinski definition) is 1. The molecule has 5 heteroatoms. The van der Waals surface area contributed by atoms with E-state index in [4.69, 9.17) is 9.47 Å². The van der Waals surface area contributed by atoms with Crippen molar-refractivity contribution in [3.63, 3.8) is 0 Å². The van der Waals surface area contributed by atoms with Crippen LogP contribution in [0, 0.1) is 40.4 Å². The minimum absolute atomic E-state index is 0.0439. The first-order chi connectivity index (χ1) is 18.7. The molecule has 0 spiro atoms. The van der Waals surface area contributed by atoms with Gasteiger partial charge in [0.05, 0.1) is 16.7 Å². The second kappa shape index (κ2) is 8.79. The van der Waals surface area contributed by atoms with Crippen LogP contribution < -0.4 is 0 Å². The van der Waals surface area contributed by atoms with Crippen LogP contribution in [0.15, 0.2) is 72.8 Å². The molecule has 2 aromatic rings. The van der Waals surface area contributed by atoms with Crippen LogP contribution in [0.1, 0.15) is 73.1 Å². The average molecular weight is 527 g/mol. The highest BCUT2D eigenvalue weighted by atomic mass is 16.5. The second-order valence-corrected chi connectivity index (χ2v) is 13.3. The number of hydrogen-bond acceptors (Lipinski definition) is 5. The maximum Gasteiger partial charge on any atom is 0.338 e. The monoisotopic (exact) mass is 526 g/mol. The fourth-order valence-corrected chi connectivity index (χ4v) is 9.37. The normalized spacial score (nSPS) is 43.3. The van der Waals surface area contributed by atoms with Crippen molar-refractivity contribution in [2.45, 2.75) is 70.2 Å². The van der Waals surface area contributed by atoms with Crippen LogP contribution in [0.3, 0.4) is 0 Å². The molecule has 39 heavy (non-hydrogen) atoms. The van der Waals surface area contributed by atoms with Crippen molar-refractivity contribution in [2.24, 2.45) is 40.4 Å². The zero-order chi connectivity index (χ0) is 27.0. The van der Waals surface area contributed by atoms with E-state index < -0.39 is 5.60 Å². The summed E-state index contributed by atoms with van der Waals surface area (Å²) >= 11 is 0. The lowest BCUT2D eigenvalue weighted by atomic mass is 9.45. The molecule has 0 amide bonds. The summed E-state index contributed by atoms with van der Waals surface area (Å²) in [6.45, 7) is 4.61. The summed E-state index contributed by atoms with van der Waals surface area (Å²) in [4.78, 5) is 25.8. The Labute approximate surface area is 230 Å². The van der Waals surface area contributed by atoms with E-state index in [9.17, 15) is 14.7 Å². The molecule has 0 saturated heterocycles. The van der Waals surface area contributed by atoms with E-state index in [0.29, 0.717) is 47.1 Å². The Morgan fingerprint density at radius 2 is 1.49 bits per heavy atom. The molecule has 0 heterocycles. The Balaban J connectivity index is 1.11. The molecule has 0 unspecified atom stereocenters. The maximum atomic E-state index is 13.0. The van der Waals surface area contributed by atoms with Gasteiger partial charge in [-0.25, -0.2) is 9.59 Å². The molecule has 5 aliphatic carbocycles. The van der Waals surface area contributed by atoms with Crippen LogP contribution in [0.5, 0.6) is 0 Å². The van der Waals surface area contributed by atoms with Gasteiger partial charge in [0.15, 0.2) is 0 Å². The van der Waals surface area contributed by atoms with E-state index in [-0.39, 0.29) is 35.0 Å². The lowest BCUT2D eigenvalue weighted by Crippen LogP contribution is -2.61. The van der Waals surface area contributed by atoms with Gasteiger partial charge in [0.25, 0.3) is 0 Å². The number of allylic oxidation sites excluding steroid dienone is 1. The highest BCUT2D eigenvalue weighted by molar-refractivity contribution is 5.90. The van der Waals surface area contributed by atoms with Crippen molar-refractivity contribution in [3.05, 3.63) is 83.9 Å². The van der Waals surface area contributed by atoms with Crippen LogP contribution in [0.4, 0.5) is 0 Å². The van der Waals surface area contributed by atoms with E-state index in [0.717, 1.165) is 32.1 Å². The van der Waals surface area contributed by atoms with Crippen molar-refractivity contribution in [1.82, 2.24) is 0 Å². The predicted octanol–water partition coefficient (Wildman–Crippen LogP) is 6.23. The predicted molar refractivity (Wildman–Crippen MR) is 147 cm³/mol. The Hall–Kier alpha value is -2.92. The molecule has 5 nitrogen and oxygen atoms in total. The van der Waals surface area contributed by atoms with E-state index in [1.54, 1.807) is 12.1 Å². The molecule has 0 aromatic heterocycles. The fourth-order valence-electron chi connectivity index (χ4n) is 9.37.